The van der Waals surface area contributed by atoms with E-state index in [1.54, 1.807) is 0 Å². The van der Waals surface area contributed by atoms with E-state index in [0.29, 0.717) is 24.2 Å². The Balaban J connectivity index is 0.00000441. The van der Waals surface area contributed by atoms with E-state index in [2.05, 4.69) is 27.7 Å². The molecule has 1 saturated carbocycles. The van der Waals surface area contributed by atoms with Gasteiger partial charge in [-0.15, -0.1) is 0 Å². The van der Waals surface area contributed by atoms with Crippen LogP contribution in [0.3, 0.4) is 0 Å². The van der Waals surface area contributed by atoms with Crippen LogP contribution in [0, 0.1) is 23.7 Å². The third kappa shape index (κ3) is 7.61. The van der Waals surface area contributed by atoms with Crippen LogP contribution in [0.5, 0.6) is 0 Å². The molecule has 124 valence electrons. The second-order valence-electron chi connectivity index (χ2n) is 7.04. The average Bonchev–Trinajstić information content (AvgIpc) is 2.43. The summed E-state index contributed by atoms with van der Waals surface area (Å²) in [5.74, 6) is 0.680. The molecule has 0 radical (unpaired) electrons. The number of hydrogen-bond donors (Lipinski definition) is 0. The molecule has 0 bridgehead atoms. The van der Waals surface area contributed by atoms with Gasteiger partial charge in [0.15, 0.2) is 0 Å². The molecule has 0 aromatic heterocycles. The molecule has 22 heavy (non-hydrogen) atoms. The SMILES string of the molecule is CCCCCCC(=O)OC(=O)C1CC(C)CCC1C(C)C.[NaH]. The summed E-state index contributed by atoms with van der Waals surface area (Å²) < 4.78 is 5.12. The van der Waals surface area contributed by atoms with Gasteiger partial charge in [-0.1, -0.05) is 53.4 Å². The number of hydrogen-bond acceptors (Lipinski definition) is 3. The molecule has 0 spiro atoms. The molecule has 1 aliphatic rings. The van der Waals surface area contributed by atoms with Gasteiger partial charge in [-0.05, 0) is 37.0 Å². The van der Waals surface area contributed by atoms with E-state index in [-0.39, 0.29) is 47.4 Å². The van der Waals surface area contributed by atoms with Gasteiger partial charge in [0.1, 0.15) is 0 Å². The Bertz CT molecular complexity index is 341. The number of carbonyl (C=O) groups excluding carboxylic acids is 2. The molecule has 0 N–H and O–H groups in total. The fourth-order valence-electron chi connectivity index (χ4n) is 3.41. The van der Waals surface area contributed by atoms with Gasteiger partial charge < -0.3 is 4.74 Å². The minimum absolute atomic E-state index is 0. The van der Waals surface area contributed by atoms with Crippen molar-refractivity contribution in [3.8, 4) is 0 Å². The first-order valence-corrected chi connectivity index (χ1v) is 8.70. The summed E-state index contributed by atoms with van der Waals surface area (Å²) in [6.07, 6.45) is 7.64. The van der Waals surface area contributed by atoms with Crippen molar-refractivity contribution in [3.05, 3.63) is 0 Å². The molecule has 1 fully saturated rings. The third-order valence-corrected chi connectivity index (χ3v) is 4.77. The minimum atomic E-state index is -0.336. The number of carbonyl (C=O) groups is 2. The summed E-state index contributed by atoms with van der Waals surface area (Å²) in [7, 11) is 0. The van der Waals surface area contributed by atoms with Gasteiger partial charge in [-0.3, -0.25) is 9.59 Å². The molecule has 0 heterocycles. The second-order valence-corrected chi connectivity index (χ2v) is 7.04. The Morgan fingerprint density at radius 2 is 1.82 bits per heavy atom. The van der Waals surface area contributed by atoms with E-state index in [0.717, 1.165) is 38.5 Å². The van der Waals surface area contributed by atoms with E-state index in [4.69, 9.17) is 4.74 Å². The van der Waals surface area contributed by atoms with Gasteiger partial charge in [0, 0.05) is 6.42 Å². The predicted octanol–water partition coefficient (Wildman–Crippen LogP) is 4.09. The first-order valence-electron chi connectivity index (χ1n) is 8.70. The molecule has 0 aromatic rings. The fourth-order valence-corrected chi connectivity index (χ4v) is 3.41. The molecular weight excluding hydrogens is 287 g/mol. The third-order valence-electron chi connectivity index (χ3n) is 4.77. The van der Waals surface area contributed by atoms with E-state index in [1.165, 1.54) is 6.42 Å². The van der Waals surface area contributed by atoms with Crippen LogP contribution in [-0.2, 0) is 14.3 Å². The predicted molar refractivity (Wildman–Crippen MR) is 91.8 cm³/mol. The molecule has 3 atom stereocenters. The van der Waals surface area contributed by atoms with Crippen LogP contribution in [0.25, 0.3) is 0 Å². The van der Waals surface area contributed by atoms with Crippen molar-refractivity contribution in [2.24, 2.45) is 23.7 Å². The maximum absolute atomic E-state index is 12.3. The van der Waals surface area contributed by atoms with E-state index in [9.17, 15) is 9.59 Å². The van der Waals surface area contributed by atoms with Crippen molar-refractivity contribution in [1.82, 2.24) is 0 Å². The maximum atomic E-state index is 12.3. The van der Waals surface area contributed by atoms with Gasteiger partial charge in [0.05, 0.1) is 5.92 Å². The summed E-state index contributed by atoms with van der Waals surface area (Å²) in [4.78, 5) is 24.1. The van der Waals surface area contributed by atoms with E-state index in [1.807, 2.05) is 0 Å². The second kappa shape index (κ2) is 11.6. The molecular formula is C18H33NaO3. The summed E-state index contributed by atoms with van der Waals surface area (Å²) >= 11 is 0. The van der Waals surface area contributed by atoms with Crippen LogP contribution in [0.4, 0.5) is 0 Å². The van der Waals surface area contributed by atoms with Crippen molar-refractivity contribution in [1.29, 1.82) is 0 Å². The quantitative estimate of drug-likeness (QED) is 0.307. The Kier molecular flexibility index (Phi) is 11.7. The van der Waals surface area contributed by atoms with Crippen molar-refractivity contribution in [2.45, 2.75) is 79.1 Å². The normalized spacial score (nSPS) is 24.7. The van der Waals surface area contributed by atoms with Crippen LogP contribution < -0.4 is 0 Å². The Labute approximate surface area is 158 Å². The molecule has 0 aromatic carbocycles. The molecule has 3 unspecified atom stereocenters. The van der Waals surface area contributed by atoms with Crippen LogP contribution in [0.2, 0.25) is 0 Å². The molecule has 4 heteroatoms. The molecule has 3 nitrogen and oxygen atoms in total. The number of unbranched alkanes of at least 4 members (excludes halogenated alkanes) is 3. The Hall–Kier alpha value is 0.140. The standard InChI is InChI=1S/C18H32O3.Na.H/c1-5-6-7-8-9-17(19)21-18(20)16-12-14(4)10-11-15(16)13(2)3;;/h13-16H,5-12H2,1-4H3;;. The van der Waals surface area contributed by atoms with Crippen LogP contribution in [-0.4, -0.2) is 41.5 Å². The van der Waals surface area contributed by atoms with E-state index >= 15 is 0 Å². The van der Waals surface area contributed by atoms with Gasteiger partial charge in [-0.2, -0.15) is 0 Å². The van der Waals surface area contributed by atoms with Crippen LogP contribution in [0.1, 0.15) is 79.1 Å². The zero-order valence-corrected chi connectivity index (χ0v) is 14.2. The molecule has 0 saturated heterocycles. The summed E-state index contributed by atoms with van der Waals surface area (Å²) in [6, 6.07) is 0. The summed E-state index contributed by atoms with van der Waals surface area (Å²) in [5, 5.41) is 0. The summed E-state index contributed by atoms with van der Waals surface area (Å²) in [5.41, 5.74) is 0. The number of ether oxygens (including phenoxy) is 1. The van der Waals surface area contributed by atoms with Crippen molar-refractivity contribution in [2.75, 3.05) is 0 Å². The topological polar surface area (TPSA) is 43.4 Å². The fraction of sp³-hybridized carbons (Fsp3) is 0.889. The molecule has 0 aliphatic heterocycles. The van der Waals surface area contributed by atoms with Crippen molar-refractivity contribution in [3.63, 3.8) is 0 Å². The Morgan fingerprint density at radius 1 is 1.14 bits per heavy atom. The number of esters is 2. The zero-order chi connectivity index (χ0) is 15.8. The first-order chi connectivity index (χ1) is 9.95. The molecule has 1 rings (SSSR count). The molecule has 1 aliphatic carbocycles. The first kappa shape index (κ1) is 22.1. The van der Waals surface area contributed by atoms with Crippen LogP contribution >= 0.6 is 0 Å². The average molecular weight is 320 g/mol. The number of rotatable bonds is 7. The van der Waals surface area contributed by atoms with Crippen molar-refractivity contribution >= 4 is 41.5 Å². The van der Waals surface area contributed by atoms with E-state index < -0.39 is 0 Å². The zero-order valence-electron chi connectivity index (χ0n) is 14.2. The van der Waals surface area contributed by atoms with Crippen molar-refractivity contribution < 1.29 is 14.3 Å². The monoisotopic (exact) mass is 320 g/mol. The van der Waals surface area contributed by atoms with Gasteiger partial charge in [-0.25, -0.2) is 0 Å². The summed E-state index contributed by atoms with van der Waals surface area (Å²) in [6.45, 7) is 8.64. The van der Waals surface area contributed by atoms with Gasteiger partial charge >= 0.3 is 41.5 Å². The van der Waals surface area contributed by atoms with Crippen LogP contribution in [0.15, 0.2) is 0 Å². The Morgan fingerprint density at radius 3 is 2.41 bits per heavy atom. The van der Waals surface area contributed by atoms with Gasteiger partial charge in [0.2, 0.25) is 0 Å². The van der Waals surface area contributed by atoms with Gasteiger partial charge in [0.25, 0.3) is 0 Å². The molecule has 0 amide bonds.